The van der Waals surface area contributed by atoms with Crippen LogP contribution in [-0.2, 0) is 30.6 Å². The van der Waals surface area contributed by atoms with Crippen molar-refractivity contribution in [3.63, 3.8) is 0 Å². The Kier molecular flexibility index (Phi) is 9.30. The fraction of sp³-hybridized carbons (Fsp3) is 0.500. The lowest BCUT2D eigenvalue weighted by Gasteiger charge is -2.33. The molecular formula is C24H31ClFN6O6PS. The largest absolute Gasteiger partial charge is 0.468 e. The summed E-state index contributed by atoms with van der Waals surface area (Å²) in [7, 11) is 4.85. The summed E-state index contributed by atoms with van der Waals surface area (Å²) in [6.45, 7) is -0.710. The van der Waals surface area contributed by atoms with Crippen LogP contribution in [0.25, 0.3) is 11.2 Å². The monoisotopic (exact) mass is 616 g/mol. The number of carbonyl (C=O) groups is 1. The van der Waals surface area contributed by atoms with Gasteiger partial charge in [-0.2, -0.15) is 0 Å². The number of hydrogen-bond acceptors (Lipinski definition) is 11. The highest BCUT2D eigenvalue weighted by molar-refractivity contribution is 8.09. The molecule has 6 atom stereocenters. The molecule has 1 aliphatic heterocycles. The van der Waals surface area contributed by atoms with E-state index in [9.17, 15) is 9.90 Å². The molecule has 0 bridgehead atoms. The molecule has 2 N–H and O–H groups in total. The summed E-state index contributed by atoms with van der Waals surface area (Å²) in [5.74, 6) is 0.433. The highest BCUT2D eigenvalue weighted by Gasteiger charge is 2.57. The van der Waals surface area contributed by atoms with E-state index in [1.54, 1.807) is 56.3 Å². The zero-order valence-corrected chi connectivity index (χ0v) is 25.0. The van der Waals surface area contributed by atoms with Crippen LogP contribution in [0.2, 0.25) is 0 Å². The number of anilines is 1. The average Bonchev–Trinajstić information content (AvgIpc) is 3.45. The average molecular weight is 617 g/mol. The minimum absolute atomic E-state index is 0.327. The SMILES string of the molecule is COC(=O)[C@H](C)NP(=S)(OC[C@@]1(CCl)O[C@@H](n2cnc3c(N(C)C)nc(C)nc32)[C@H](F)[C@@H]1O)Oc1ccccc1. The van der Waals surface area contributed by atoms with Crippen LogP contribution in [0.3, 0.4) is 0 Å². The van der Waals surface area contributed by atoms with Crippen molar-refractivity contribution in [2.75, 3.05) is 38.6 Å². The Hall–Kier alpha value is -2.45. The Bertz CT molecular complexity index is 1400. The van der Waals surface area contributed by atoms with Gasteiger partial charge in [-0.1, -0.05) is 18.2 Å². The first-order chi connectivity index (χ1) is 18.9. The summed E-state index contributed by atoms with van der Waals surface area (Å²) >= 11 is 12.0. The molecule has 16 heteroatoms. The number of aromatic nitrogens is 4. The molecule has 1 unspecified atom stereocenters. The van der Waals surface area contributed by atoms with Crippen LogP contribution in [0.5, 0.6) is 5.75 Å². The molecule has 0 radical (unpaired) electrons. The fourth-order valence-corrected chi connectivity index (χ4v) is 6.91. The Labute approximate surface area is 241 Å². The number of esters is 1. The van der Waals surface area contributed by atoms with Gasteiger partial charge < -0.3 is 28.5 Å². The van der Waals surface area contributed by atoms with Crippen molar-refractivity contribution >= 4 is 53.0 Å². The topological polar surface area (TPSA) is 133 Å². The van der Waals surface area contributed by atoms with Crippen molar-refractivity contribution in [1.82, 2.24) is 24.6 Å². The van der Waals surface area contributed by atoms with Crippen LogP contribution in [0.15, 0.2) is 36.7 Å². The number of benzene rings is 1. The molecule has 0 saturated carbocycles. The number of fused-ring (bicyclic) bond motifs is 1. The third-order valence-corrected chi connectivity index (χ3v) is 9.19. The molecule has 1 aromatic carbocycles. The van der Waals surface area contributed by atoms with E-state index >= 15 is 4.39 Å². The van der Waals surface area contributed by atoms with Gasteiger partial charge in [0.1, 0.15) is 29.3 Å². The zero-order valence-electron chi connectivity index (χ0n) is 22.5. The van der Waals surface area contributed by atoms with Gasteiger partial charge >= 0.3 is 12.6 Å². The minimum atomic E-state index is -3.50. The summed E-state index contributed by atoms with van der Waals surface area (Å²) in [5, 5.41) is 13.9. The van der Waals surface area contributed by atoms with Crippen LogP contribution in [0, 0.1) is 6.92 Å². The number of hydrogen-bond donors (Lipinski definition) is 2. The summed E-state index contributed by atoms with van der Waals surface area (Å²) in [6.07, 6.45) is -3.58. The van der Waals surface area contributed by atoms with E-state index in [-0.39, 0.29) is 5.88 Å². The molecule has 3 aromatic rings. The molecule has 218 valence electrons. The van der Waals surface area contributed by atoms with Gasteiger partial charge in [0.15, 0.2) is 29.4 Å². The number of nitrogens with zero attached hydrogens (tertiary/aromatic N) is 5. The Morgan fingerprint density at radius 2 is 2.08 bits per heavy atom. The summed E-state index contributed by atoms with van der Waals surface area (Å²) in [5.41, 5.74) is -0.962. The number of ether oxygens (including phenoxy) is 2. The van der Waals surface area contributed by atoms with E-state index in [1.807, 2.05) is 0 Å². The minimum Gasteiger partial charge on any atom is -0.468 e. The maximum absolute atomic E-state index is 15.7. The third-order valence-electron chi connectivity index (χ3n) is 6.26. The molecular weight excluding hydrogens is 586 g/mol. The lowest BCUT2D eigenvalue weighted by atomic mass is 9.99. The first-order valence-corrected chi connectivity index (χ1v) is 15.4. The zero-order chi connectivity index (χ0) is 29.2. The molecule has 0 aliphatic carbocycles. The number of imidazole rings is 1. The third kappa shape index (κ3) is 6.08. The van der Waals surface area contributed by atoms with Crippen LogP contribution in [0.4, 0.5) is 10.2 Å². The number of carbonyl (C=O) groups excluding carboxylic acids is 1. The smallest absolute Gasteiger partial charge is 0.323 e. The predicted octanol–water partition coefficient (Wildman–Crippen LogP) is 2.88. The first-order valence-electron chi connectivity index (χ1n) is 12.2. The maximum atomic E-state index is 15.7. The van der Waals surface area contributed by atoms with Crippen LogP contribution < -0.4 is 14.5 Å². The fourth-order valence-electron chi connectivity index (χ4n) is 4.18. The Morgan fingerprint density at radius 3 is 2.70 bits per heavy atom. The second kappa shape index (κ2) is 12.2. The lowest BCUT2D eigenvalue weighted by molar-refractivity contribution is -0.142. The highest BCUT2D eigenvalue weighted by atomic mass is 35.5. The molecule has 4 rings (SSSR count). The molecule has 3 heterocycles. The molecule has 2 aromatic heterocycles. The molecule has 0 spiro atoms. The second-order valence-corrected chi connectivity index (χ2v) is 12.9. The quantitative estimate of drug-likeness (QED) is 0.186. The number of halogens is 2. The van der Waals surface area contributed by atoms with Crippen molar-refractivity contribution in [3.05, 3.63) is 42.5 Å². The van der Waals surface area contributed by atoms with Gasteiger partial charge in [-0.3, -0.25) is 9.36 Å². The van der Waals surface area contributed by atoms with E-state index in [0.717, 1.165) is 0 Å². The number of aliphatic hydroxyl groups excluding tert-OH is 1. The highest BCUT2D eigenvalue weighted by Crippen LogP contribution is 2.49. The van der Waals surface area contributed by atoms with Gasteiger partial charge in [-0.05, 0) is 37.8 Å². The molecule has 1 fully saturated rings. The second-order valence-electron chi connectivity index (χ2n) is 9.46. The van der Waals surface area contributed by atoms with Crippen molar-refractivity contribution in [2.45, 2.75) is 44.0 Å². The number of para-hydroxylation sites is 1. The van der Waals surface area contributed by atoms with Gasteiger partial charge in [0.05, 0.1) is 25.9 Å². The molecule has 1 aliphatic rings. The predicted molar refractivity (Wildman–Crippen MR) is 151 cm³/mol. The molecule has 1 saturated heterocycles. The summed E-state index contributed by atoms with van der Waals surface area (Å²) < 4.78 is 40.0. The standard InChI is InChI=1S/C24H31ClFN6O6PS/c1-14(23(34)35-5)30-39(40,38-16-9-7-6-8-10-16)36-12-24(11-25)19(33)17(26)22(37-24)32-13-27-18-20(31(3)4)28-15(2)29-21(18)32/h6-10,13-14,17,19,22,33H,11-12H2,1-5H3,(H,30,40)/t14-,17+,19-,22+,24+,39?/m0/s1. The Balaban J connectivity index is 1.63. The maximum Gasteiger partial charge on any atom is 0.323 e. The van der Waals surface area contributed by atoms with Crippen molar-refractivity contribution in [1.29, 1.82) is 0 Å². The van der Waals surface area contributed by atoms with Crippen molar-refractivity contribution < 1.29 is 32.8 Å². The van der Waals surface area contributed by atoms with Crippen LogP contribution in [0.1, 0.15) is 19.0 Å². The van der Waals surface area contributed by atoms with Crippen molar-refractivity contribution in [2.24, 2.45) is 0 Å². The normalized spacial score (nSPS) is 24.9. The molecule has 12 nitrogen and oxygen atoms in total. The first kappa shape index (κ1) is 30.5. The molecule has 40 heavy (non-hydrogen) atoms. The number of aliphatic hydroxyl groups is 1. The van der Waals surface area contributed by atoms with Crippen molar-refractivity contribution in [3.8, 4) is 5.75 Å². The summed E-state index contributed by atoms with van der Waals surface area (Å²) in [6, 6.07) is 7.71. The van der Waals surface area contributed by atoms with Crippen LogP contribution in [-0.4, -0.2) is 88.2 Å². The number of aryl methyl sites for hydroxylation is 1. The van der Waals surface area contributed by atoms with E-state index in [2.05, 4.69) is 20.0 Å². The van der Waals surface area contributed by atoms with Gasteiger partial charge in [0, 0.05) is 14.1 Å². The number of methoxy groups -OCH3 is 1. The van der Waals surface area contributed by atoms with Crippen LogP contribution >= 0.6 is 18.2 Å². The van der Waals surface area contributed by atoms with Gasteiger partial charge in [-0.15, -0.1) is 11.6 Å². The number of nitrogens with one attached hydrogen (secondary N) is 1. The van der Waals surface area contributed by atoms with Gasteiger partial charge in [0.2, 0.25) is 0 Å². The van der Waals surface area contributed by atoms with E-state index in [0.29, 0.717) is 28.6 Å². The van der Waals surface area contributed by atoms with Gasteiger partial charge in [-0.25, -0.2) is 24.4 Å². The number of rotatable bonds is 11. The van der Waals surface area contributed by atoms with E-state index < -0.39 is 49.4 Å². The summed E-state index contributed by atoms with van der Waals surface area (Å²) in [4.78, 5) is 27.1. The number of alkyl halides is 2. The van der Waals surface area contributed by atoms with E-state index in [4.69, 9.17) is 41.9 Å². The lowest BCUT2D eigenvalue weighted by Crippen LogP contribution is -2.48. The molecule has 0 amide bonds. The van der Waals surface area contributed by atoms with Gasteiger partial charge in [0.25, 0.3) is 0 Å². The van der Waals surface area contributed by atoms with E-state index in [1.165, 1.54) is 24.9 Å². The Morgan fingerprint density at radius 1 is 1.38 bits per heavy atom.